The molecule has 0 amide bonds. The van der Waals surface area contributed by atoms with Crippen LogP contribution in [-0.2, 0) is 9.84 Å². The number of rotatable bonds is 6. The highest BCUT2D eigenvalue weighted by Crippen LogP contribution is 2.30. The van der Waals surface area contributed by atoms with Gasteiger partial charge in [0.1, 0.15) is 0 Å². The van der Waals surface area contributed by atoms with E-state index in [9.17, 15) is 8.42 Å². The van der Waals surface area contributed by atoms with Gasteiger partial charge >= 0.3 is 0 Å². The first-order chi connectivity index (χ1) is 15.8. The summed E-state index contributed by atoms with van der Waals surface area (Å²) < 4.78 is 24.3. The zero-order valence-corrected chi connectivity index (χ0v) is 19.3. The molecular formula is C25H28N4O3S. The van der Waals surface area contributed by atoms with Crippen molar-refractivity contribution in [2.45, 2.75) is 23.8 Å². The third-order valence-electron chi connectivity index (χ3n) is 5.96. The van der Waals surface area contributed by atoms with Crippen LogP contribution in [0.2, 0.25) is 0 Å². The van der Waals surface area contributed by atoms with E-state index in [0.29, 0.717) is 16.5 Å². The van der Waals surface area contributed by atoms with Crippen LogP contribution < -0.4 is 16.0 Å². The summed E-state index contributed by atoms with van der Waals surface area (Å²) in [6.07, 6.45) is 3.20. The van der Waals surface area contributed by atoms with Crippen molar-refractivity contribution >= 4 is 27.0 Å². The lowest BCUT2D eigenvalue weighted by Crippen LogP contribution is -2.39. The van der Waals surface area contributed by atoms with E-state index in [0.717, 1.165) is 48.4 Å². The lowest BCUT2D eigenvalue weighted by Gasteiger charge is -2.34. The van der Waals surface area contributed by atoms with Crippen LogP contribution in [0.15, 0.2) is 82.8 Å². The molecule has 0 radical (unpaired) electrons. The van der Waals surface area contributed by atoms with E-state index in [1.54, 1.807) is 18.2 Å². The van der Waals surface area contributed by atoms with Crippen LogP contribution in [-0.4, -0.2) is 44.8 Å². The first-order valence-electron chi connectivity index (χ1n) is 10.8. The minimum atomic E-state index is -3.30. The van der Waals surface area contributed by atoms with Crippen LogP contribution in [0.3, 0.4) is 0 Å². The van der Waals surface area contributed by atoms with Crippen LogP contribution in [0.5, 0.6) is 0 Å². The molecule has 0 bridgehead atoms. The Bertz CT molecular complexity index is 1250. The van der Waals surface area contributed by atoms with Gasteiger partial charge in [0.2, 0.25) is 0 Å². The fourth-order valence-corrected chi connectivity index (χ4v) is 5.14. The van der Waals surface area contributed by atoms with Crippen molar-refractivity contribution in [3.05, 3.63) is 78.4 Å². The fraction of sp³-hybridized carbons (Fsp3) is 0.240. The minimum absolute atomic E-state index is 0.0936. The van der Waals surface area contributed by atoms with Gasteiger partial charge in [-0.2, -0.15) is 0 Å². The Balaban J connectivity index is 1.40. The molecule has 1 aliphatic heterocycles. The molecule has 0 aromatic heterocycles. The number of anilines is 2. The molecule has 0 atom stereocenters. The summed E-state index contributed by atoms with van der Waals surface area (Å²) in [6.45, 7) is 1.83. The van der Waals surface area contributed by atoms with Gasteiger partial charge in [0, 0.05) is 47.9 Å². The Hall–Kier alpha value is -3.52. The van der Waals surface area contributed by atoms with Crippen molar-refractivity contribution < 1.29 is 13.6 Å². The summed E-state index contributed by atoms with van der Waals surface area (Å²) in [4.78, 5) is 2.69. The average Bonchev–Trinajstić information content (AvgIpc) is 2.84. The van der Waals surface area contributed by atoms with E-state index < -0.39 is 9.84 Å². The Morgan fingerprint density at radius 1 is 1.03 bits per heavy atom. The molecule has 3 aromatic carbocycles. The average molecular weight is 465 g/mol. The number of hydrogen-bond donors (Lipinski definition) is 3. The van der Waals surface area contributed by atoms with Gasteiger partial charge in [0.25, 0.3) is 0 Å². The van der Waals surface area contributed by atoms with Crippen molar-refractivity contribution in [3.8, 4) is 11.1 Å². The smallest absolute Gasteiger partial charge is 0.176 e. The summed E-state index contributed by atoms with van der Waals surface area (Å²) in [5.41, 5.74) is 10.1. The number of hydrogen-bond acceptors (Lipinski definition) is 6. The number of nitrogens with two attached hydrogens (primary N) is 1. The molecule has 7 nitrogen and oxygen atoms in total. The zero-order valence-electron chi connectivity index (χ0n) is 18.5. The second-order valence-corrected chi connectivity index (χ2v) is 10.3. The number of oxime groups is 1. The Labute approximate surface area is 194 Å². The number of sulfone groups is 1. The molecule has 3 aromatic rings. The monoisotopic (exact) mass is 464 g/mol. The Morgan fingerprint density at radius 2 is 1.73 bits per heavy atom. The largest absolute Gasteiger partial charge is 0.409 e. The highest BCUT2D eigenvalue weighted by atomic mass is 32.2. The number of nitrogens with zero attached hydrogens (tertiary/aromatic N) is 2. The first-order valence-corrected chi connectivity index (χ1v) is 12.7. The normalized spacial score (nSPS) is 15.4. The summed E-state index contributed by atoms with van der Waals surface area (Å²) >= 11 is 0. The quantitative estimate of drug-likeness (QED) is 0.221. The summed E-state index contributed by atoms with van der Waals surface area (Å²) in [7, 11) is -3.30. The molecule has 172 valence electrons. The van der Waals surface area contributed by atoms with Gasteiger partial charge in [-0.1, -0.05) is 47.6 Å². The molecule has 8 heteroatoms. The van der Waals surface area contributed by atoms with Gasteiger partial charge in [-0.3, -0.25) is 0 Å². The highest BCUT2D eigenvalue weighted by molar-refractivity contribution is 7.90. The van der Waals surface area contributed by atoms with Gasteiger partial charge in [0.05, 0.1) is 4.90 Å². The molecule has 4 rings (SSSR count). The van der Waals surface area contributed by atoms with E-state index in [-0.39, 0.29) is 5.84 Å². The fourth-order valence-electron chi connectivity index (χ4n) is 4.22. The van der Waals surface area contributed by atoms with Gasteiger partial charge < -0.3 is 21.2 Å². The predicted octanol–water partition coefficient (Wildman–Crippen LogP) is 3.93. The number of nitrogens with one attached hydrogen (secondary N) is 1. The van der Waals surface area contributed by atoms with E-state index in [1.807, 2.05) is 42.5 Å². The molecule has 0 saturated carbocycles. The molecule has 0 unspecified atom stereocenters. The Morgan fingerprint density at radius 3 is 2.39 bits per heavy atom. The lowest BCUT2D eigenvalue weighted by atomic mass is 10.0. The summed E-state index contributed by atoms with van der Waals surface area (Å²) in [5, 5.41) is 15.5. The van der Waals surface area contributed by atoms with E-state index in [2.05, 4.69) is 27.5 Å². The van der Waals surface area contributed by atoms with Gasteiger partial charge in [0.15, 0.2) is 15.7 Å². The number of benzene rings is 3. The lowest BCUT2D eigenvalue weighted by molar-refractivity contribution is 0.318. The number of piperidine rings is 1. The highest BCUT2D eigenvalue weighted by Gasteiger charge is 2.20. The molecule has 1 aliphatic rings. The van der Waals surface area contributed by atoms with Gasteiger partial charge in [-0.25, -0.2) is 8.42 Å². The SMILES string of the molecule is CS(=O)(=O)c1ccccc1-c1ccc(N2CCC(Nc3cccc(/C(N)=N/O)c3)CC2)cc1. The van der Waals surface area contributed by atoms with Gasteiger partial charge in [-0.15, -0.1) is 0 Å². The predicted molar refractivity (Wildman–Crippen MR) is 133 cm³/mol. The van der Waals surface area contributed by atoms with Crippen LogP contribution in [0.4, 0.5) is 11.4 Å². The van der Waals surface area contributed by atoms with E-state index in [4.69, 9.17) is 10.9 Å². The second-order valence-electron chi connectivity index (χ2n) is 8.29. The van der Waals surface area contributed by atoms with E-state index >= 15 is 0 Å². The molecule has 1 saturated heterocycles. The topological polar surface area (TPSA) is 108 Å². The Kier molecular flexibility index (Phi) is 6.55. The molecule has 1 heterocycles. The maximum absolute atomic E-state index is 12.1. The maximum Gasteiger partial charge on any atom is 0.176 e. The second kappa shape index (κ2) is 9.54. The van der Waals surface area contributed by atoms with Crippen molar-refractivity contribution in [2.75, 3.05) is 29.6 Å². The van der Waals surface area contributed by atoms with Crippen LogP contribution >= 0.6 is 0 Å². The minimum Gasteiger partial charge on any atom is -0.409 e. The first kappa shape index (κ1) is 22.7. The third kappa shape index (κ3) is 5.28. The van der Waals surface area contributed by atoms with Crippen molar-refractivity contribution in [1.82, 2.24) is 0 Å². The number of amidine groups is 1. The standard InChI is InChI=1S/C25H28N4O3S/c1-33(31,32)24-8-3-2-7-23(24)18-9-11-22(12-10-18)29-15-13-20(14-16-29)27-21-6-4-5-19(17-21)25(26)28-30/h2-12,17,20,27,30H,13-16H2,1H3,(H2,26,28). The summed E-state index contributed by atoms with van der Waals surface area (Å²) in [5.74, 6) is 0.0936. The van der Waals surface area contributed by atoms with Crippen LogP contribution in [0.1, 0.15) is 18.4 Å². The molecule has 33 heavy (non-hydrogen) atoms. The van der Waals surface area contributed by atoms with Crippen molar-refractivity contribution in [1.29, 1.82) is 0 Å². The molecule has 0 spiro atoms. The molecular weight excluding hydrogens is 436 g/mol. The van der Waals surface area contributed by atoms with E-state index in [1.165, 1.54) is 6.26 Å². The van der Waals surface area contributed by atoms with Crippen molar-refractivity contribution in [2.24, 2.45) is 10.9 Å². The van der Waals surface area contributed by atoms with Crippen molar-refractivity contribution in [3.63, 3.8) is 0 Å². The van der Waals surface area contributed by atoms with Gasteiger partial charge in [-0.05, 0) is 48.7 Å². The summed E-state index contributed by atoms with van der Waals surface area (Å²) in [6, 6.07) is 23.1. The molecule has 1 fully saturated rings. The molecule has 0 aliphatic carbocycles. The van der Waals surface area contributed by atoms with Crippen LogP contribution in [0.25, 0.3) is 11.1 Å². The molecule has 4 N–H and O–H groups in total. The van der Waals surface area contributed by atoms with Crippen LogP contribution in [0, 0.1) is 0 Å². The zero-order chi connectivity index (χ0) is 23.4. The third-order valence-corrected chi connectivity index (χ3v) is 7.12. The maximum atomic E-state index is 12.1.